The van der Waals surface area contributed by atoms with Crippen molar-refractivity contribution >= 4 is 13.8 Å². The van der Waals surface area contributed by atoms with Crippen LogP contribution in [0.25, 0.3) is 0 Å². The molecule has 0 aliphatic carbocycles. The zero-order valence-corrected chi connectivity index (χ0v) is 9.27. The molecule has 0 aromatic rings. The Hall–Kier alpha value is -0.580. The second-order valence-electron chi connectivity index (χ2n) is 3.19. The van der Waals surface area contributed by atoms with Crippen LogP contribution < -0.4 is 0 Å². The van der Waals surface area contributed by atoms with Crippen molar-refractivity contribution in [2.24, 2.45) is 0 Å². The second kappa shape index (κ2) is 5.85. The Balaban J connectivity index is 4.63. The third-order valence-corrected chi connectivity index (χ3v) is 2.36. The molecule has 0 aromatic carbocycles. The Morgan fingerprint density at radius 1 is 1.35 bits per heavy atom. The average Bonchev–Trinajstić information content (AvgIpc) is 2.22. The lowest BCUT2D eigenvalue weighted by Crippen LogP contribution is -2.58. The highest BCUT2D eigenvalue weighted by molar-refractivity contribution is 7.46. The van der Waals surface area contributed by atoms with E-state index in [0.29, 0.717) is 0 Å². The molecule has 0 aliphatic heterocycles. The van der Waals surface area contributed by atoms with E-state index >= 15 is 0 Å². The van der Waals surface area contributed by atoms with Gasteiger partial charge in [-0.1, -0.05) is 0 Å². The van der Waals surface area contributed by atoms with Gasteiger partial charge in [-0.15, -0.1) is 0 Å². The van der Waals surface area contributed by atoms with E-state index in [1.165, 1.54) is 0 Å². The van der Waals surface area contributed by atoms with Gasteiger partial charge >= 0.3 is 13.8 Å². The fourth-order valence-corrected chi connectivity index (χ4v) is 1.22. The Morgan fingerprint density at radius 3 is 2.12 bits per heavy atom. The fraction of sp³-hybridized carbons (Fsp3) is 0.833. The van der Waals surface area contributed by atoms with Crippen LogP contribution in [0.1, 0.15) is 0 Å². The summed E-state index contributed by atoms with van der Waals surface area (Å²) in [6.07, 6.45) is -4.51. The maximum Gasteiger partial charge on any atom is 0.469 e. The molecule has 3 atom stereocenters. The van der Waals surface area contributed by atoms with Crippen LogP contribution in [0.5, 0.6) is 0 Å². The number of carboxylic acid groups (broad SMARTS) is 1. The Morgan fingerprint density at radius 2 is 1.82 bits per heavy atom. The largest absolute Gasteiger partial charge is 0.479 e. The van der Waals surface area contributed by atoms with Gasteiger partial charge in [-0.25, -0.2) is 9.36 Å². The average molecular weight is 276 g/mol. The lowest BCUT2D eigenvalue weighted by atomic mass is 9.94. The van der Waals surface area contributed by atoms with Gasteiger partial charge in [-0.05, 0) is 0 Å². The van der Waals surface area contributed by atoms with Crippen molar-refractivity contribution in [3.8, 4) is 0 Å². The fourth-order valence-electron chi connectivity index (χ4n) is 0.871. The molecular weight excluding hydrogens is 263 g/mol. The van der Waals surface area contributed by atoms with Gasteiger partial charge < -0.3 is 35.3 Å². The molecule has 0 unspecified atom stereocenters. The topological polar surface area (TPSA) is 185 Å². The molecule has 0 saturated carbocycles. The smallest absolute Gasteiger partial charge is 0.469 e. The van der Waals surface area contributed by atoms with Gasteiger partial charge in [0.2, 0.25) is 5.60 Å². The molecule has 0 aromatic heterocycles. The minimum absolute atomic E-state index is 1.12. The highest BCUT2D eigenvalue weighted by Crippen LogP contribution is 2.36. The maximum absolute atomic E-state index is 10.5. The first kappa shape index (κ1) is 16.4. The first-order valence-electron chi connectivity index (χ1n) is 4.17. The lowest BCUT2D eigenvalue weighted by Gasteiger charge is -2.29. The summed E-state index contributed by atoms with van der Waals surface area (Å²) in [5.74, 6) is -2.01. The van der Waals surface area contributed by atoms with Gasteiger partial charge in [0.15, 0.2) is 0 Å². The highest BCUT2D eigenvalue weighted by Gasteiger charge is 2.47. The van der Waals surface area contributed by atoms with E-state index in [0.717, 1.165) is 0 Å². The summed E-state index contributed by atoms with van der Waals surface area (Å²) >= 11 is 0. The molecule has 0 bridgehead atoms. The van der Waals surface area contributed by atoms with Crippen LogP contribution in [-0.2, 0) is 13.9 Å². The molecule has 0 fully saturated rings. The van der Waals surface area contributed by atoms with Crippen LogP contribution in [0.4, 0.5) is 0 Å². The van der Waals surface area contributed by atoms with Crippen molar-refractivity contribution in [3.05, 3.63) is 0 Å². The van der Waals surface area contributed by atoms with Crippen molar-refractivity contribution in [2.75, 3.05) is 13.2 Å². The van der Waals surface area contributed by atoms with E-state index in [2.05, 4.69) is 4.52 Å². The standard InChI is InChI=1S/C6H13O10P/c7-2-6(12,5(10)11)4(9)3(8)1-16-17(13,14)15/h3-4,7-9,12H,1-2H2,(H,10,11)(H2,13,14,15)/t3-,4-,6-/m1/s1. The molecule has 10 nitrogen and oxygen atoms in total. The van der Waals surface area contributed by atoms with Crippen LogP contribution in [0.15, 0.2) is 0 Å². The van der Waals surface area contributed by atoms with E-state index in [4.69, 9.17) is 25.1 Å². The van der Waals surface area contributed by atoms with E-state index < -0.39 is 44.8 Å². The number of aliphatic carboxylic acids is 1. The van der Waals surface area contributed by atoms with Crippen LogP contribution in [0.3, 0.4) is 0 Å². The summed E-state index contributed by atoms with van der Waals surface area (Å²) in [5.41, 5.74) is -3.06. The Bertz CT molecular complexity index is 312. The normalized spacial score (nSPS) is 19.4. The number of rotatable bonds is 7. The minimum atomic E-state index is -4.91. The minimum Gasteiger partial charge on any atom is -0.479 e. The van der Waals surface area contributed by atoms with E-state index in [1.807, 2.05) is 0 Å². The molecule has 0 rings (SSSR count). The molecule has 0 saturated heterocycles. The molecule has 0 heterocycles. The number of aliphatic hydroxyl groups is 4. The molecular formula is C6H13O10P. The van der Waals surface area contributed by atoms with Crippen LogP contribution in [0, 0.1) is 0 Å². The molecule has 17 heavy (non-hydrogen) atoms. The third kappa shape index (κ3) is 4.66. The summed E-state index contributed by atoms with van der Waals surface area (Å²) in [4.78, 5) is 27.1. The first-order valence-corrected chi connectivity index (χ1v) is 5.70. The van der Waals surface area contributed by atoms with Crippen molar-refractivity contribution in [1.29, 1.82) is 0 Å². The van der Waals surface area contributed by atoms with Crippen molar-refractivity contribution in [2.45, 2.75) is 17.8 Å². The second-order valence-corrected chi connectivity index (χ2v) is 4.43. The number of carboxylic acids is 1. The van der Waals surface area contributed by atoms with E-state index in [1.54, 1.807) is 0 Å². The molecule has 0 amide bonds. The number of aliphatic hydroxyl groups excluding tert-OH is 3. The predicted molar refractivity (Wildman–Crippen MR) is 49.7 cm³/mol. The van der Waals surface area contributed by atoms with E-state index in [9.17, 15) is 19.6 Å². The van der Waals surface area contributed by atoms with Crippen LogP contribution in [-0.4, -0.2) is 72.3 Å². The quantitative estimate of drug-likeness (QED) is 0.231. The Labute approximate surface area is 94.9 Å². The molecule has 0 radical (unpaired) electrons. The number of carbonyl (C=O) groups is 1. The summed E-state index contributed by atoms with van der Waals surface area (Å²) in [6, 6.07) is 0. The van der Waals surface area contributed by atoms with Gasteiger partial charge in [0.25, 0.3) is 0 Å². The molecule has 11 heteroatoms. The van der Waals surface area contributed by atoms with Gasteiger partial charge in [0.05, 0.1) is 13.2 Å². The van der Waals surface area contributed by atoms with Crippen molar-refractivity contribution in [1.82, 2.24) is 0 Å². The summed E-state index contributed by atoms with van der Waals surface area (Å²) in [7, 11) is -4.91. The predicted octanol–water partition coefficient (Wildman–Crippen LogP) is -3.37. The SMILES string of the molecule is O=C(O)[C@@](O)(CO)[C@H](O)[C@H](O)COP(=O)(O)O. The molecule has 7 N–H and O–H groups in total. The zero-order valence-electron chi connectivity index (χ0n) is 8.37. The van der Waals surface area contributed by atoms with Crippen LogP contribution in [0.2, 0.25) is 0 Å². The van der Waals surface area contributed by atoms with Gasteiger partial charge in [0, 0.05) is 0 Å². The number of hydrogen-bond acceptors (Lipinski definition) is 7. The van der Waals surface area contributed by atoms with Crippen molar-refractivity contribution < 1.29 is 49.2 Å². The summed E-state index contributed by atoms with van der Waals surface area (Å²) < 4.78 is 14.1. The van der Waals surface area contributed by atoms with Gasteiger partial charge in [0.1, 0.15) is 12.2 Å². The molecule has 0 spiro atoms. The van der Waals surface area contributed by atoms with Gasteiger partial charge in [-0.3, -0.25) is 4.52 Å². The third-order valence-electron chi connectivity index (χ3n) is 1.88. The summed E-state index contributed by atoms with van der Waals surface area (Å²) in [5, 5.41) is 44.7. The maximum atomic E-state index is 10.5. The van der Waals surface area contributed by atoms with E-state index in [-0.39, 0.29) is 0 Å². The molecule has 102 valence electrons. The monoisotopic (exact) mass is 276 g/mol. The van der Waals surface area contributed by atoms with Crippen LogP contribution >= 0.6 is 7.82 Å². The Kier molecular flexibility index (Phi) is 5.65. The number of phosphoric acid groups is 1. The molecule has 0 aliphatic rings. The number of phosphoric ester groups is 1. The zero-order chi connectivity index (χ0) is 13.9. The summed E-state index contributed by atoms with van der Waals surface area (Å²) in [6.45, 7) is -2.53. The van der Waals surface area contributed by atoms with Gasteiger partial charge in [-0.2, -0.15) is 0 Å². The lowest BCUT2D eigenvalue weighted by molar-refractivity contribution is -0.191. The highest BCUT2D eigenvalue weighted by atomic mass is 31.2. The first-order chi connectivity index (χ1) is 7.54. The number of hydrogen-bond donors (Lipinski definition) is 7. The van der Waals surface area contributed by atoms with Crippen molar-refractivity contribution in [3.63, 3.8) is 0 Å².